The van der Waals surface area contributed by atoms with E-state index >= 15 is 0 Å². The molecule has 0 aliphatic rings. The first kappa shape index (κ1) is 13.5. The molecule has 0 aliphatic heterocycles. The van der Waals surface area contributed by atoms with Crippen LogP contribution >= 0.6 is 0 Å². The molecule has 0 fully saturated rings. The summed E-state index contributed by atoms with van der Waals surface area (Å²) in [6.07, 6.45) is 1.89. The lowest BCUT2D eigenvalue weighted by Gasteiger charge is -2.17. The Hall–Kier alpha value is -1.55. The van der Waals surface area contributed by atoms with Crippen molar-refractivity contribution in [1.29, 1.82) is 0 Å². The minimum Gasteiger partial charge on any atom is -0.383 e. The second kappa shape index (κ2) is 6.25. The third-order valence-electron chi connectivity index (χ3n) is 2.86. The molecule has 0 bridgehead atoms. The fourth-order valence-corrected chi connectivity index (χ4v) is 1.78. The van der Waals surface area contributed by atoms with Crippen LogP contribution in [0.25, 0.3) is 0 Å². The summed E-state index contributed by atoms with van der Waals surface area (Å²) in [7, 11) is 0. The number of rotatable bonds is 6. The molecular weight excluding hydrogens is 214 g/mol. The number of anilines is 1. The van der Waals surface area contributed by atoms with E-state index in [1.165, 1.54) is 11.1 Å². The first-order valence-electron chi connectivity index (χ1n) is 5.99. The SMILES string of the molecule is CCc1cccc(CC)c1NCC(N)C(N)=O. The van der Waals surface area contributed by atoms with Crippen molar-refractivity contribution in [3.63, 3.8) is 0 Å². The maximum absolute atomic E-state index is 10.9. The summed E-state index contributed by atoms with van der Waals surface area (Å²) >= 11 is 0. The fraction of sp³-hybridized carbons (Fsp3) is 0.462. The molecule has 1 aromatic rings. The Kier molecular flexibility index (Phi) is 4.97. The van der Waals surface area contributed by atoms with Crippen LogP contribution in [0.15, 0.2) is 18.2 Å². The number of hydrogen-bond donors (Lipinski definition) is 3. The molecule has 5 N–H and O–H groups in total. The molecule has 17 heavy (non-hydrogen) atoms. The molecule has 1 rings (SSSR count). The Labute approximate surface area is 102 Å². The zero-order chi connectivity index (χ0) is 12.8. The first-order valence-corrected chi connectivity index (χ1v) is 5.99. The van der Waals surface area contributed by atoms with Crippen LogP contribution < -0.4 is 16.8 Å². The van der Waals surface area contributed by atoms with Crippen molar-refractivity contribution >= 4 is 11.6 Å². The quantitative estimate of drug-likeness (QED) is 0.689. The number of aryl methyl sites for hydroxylation is 2. The van der Waals surface area contributed by atoms with E-state index in [4.69, 9.17) is 11.5 Å². The molecule has 4 heteroatoms. The number of carbonyl (C=O) groups is 1. The lowest BCUT2D eigenvalue weighted by Crippen LogP contribution is -2.42. The van der Waals surface area contributed by atoms with Gasteiger partial charge < -0.3 is 16.8 Å². The Morgan fingerprint density at radius 2 is 1.82 bits per heavy atom. The van der Waals surface area contributed by atoms with E-state index in [2.05, 4.69) is 37.4 Å². The van der Waals surface area contributed by atoms with E-state index in [0.29, 0.717) is 6.54 Å². The minimum absolute atomic E-state index is 0.374. The average molecular weight is 235 g/mol. The summed E-state index contributed by atoms with van der Waals surface area (Å²) < 4.78 is 0. The van der Waals surface area contributed by atoms with Crippen LogP contribution in [0, 0.1) is 0 Å². The standard InChI is InChI=1S/C13H21N3O/c1-3-9-6-5-7-10(4-2)12(9)16-8-11(14)13(15)17/h5-7,11,16H,3-4,8,14H2,1-2H3,(H2,15,17). The predicted molar refractivity (Wildman–Crippen MR) is 70.9 cm³/mol. The Bertz CT molecular complexity index is 368. The van der Waals surface area contributed by atoms with Crippen LogP contribution in [-0.4, -0.2) is 18.5 Å². The summed E-state index contributed by atoms with van der Waals surface area (Å²) in [5.74, 6) is -0.482. The van der Waals surface area contributed by atoms with Crippen molar-refractivity contribution < 1.29 is 4.79 Å². The van der Waals surface area contributed by atoms with E-state index in [1.54, 1.807) is 0 Å². The van der Waals surface area contributed by atoms with Crippen LogP contribution in [-0.2, 0) is 17.6 Å². The summed E-state index contributed by atoms with van der Waals surface area (Å²) in [6.45, 7) is 4.58. The number of carbonyl (C=O) groups excluding carboxylic acids is 1. The van der Waals surface area contributed by atoms with Gasteiger partial charge in [-0.1, -0.05) is 32.0 Å². The van der Waals surface area contributed by atoms with Crippen molar-refractivity contribution in [1.82, 2.24) is 0 Å². The topological polar surface area (TPSA) is 81.1 Å². The van der Waals surface area contributed by atoms with Crippen LogP contribution in [0.5, 0.6) is 0 Å². The zero-order valence-electron chi connectivity index (χ0n) is 10.5. The third kappa shape index (κ3) is 3.46. The van der Waals surface area contributed by atoms with Crippen molar-refractivity contribution in [2.75, 3.05) is 11.9 Å². The highest BCUT2D eigenvalue weighted by molar-refractivity contribution is 5.80. The summed E-state index contributed by atoms with van der Waals surface area (Å²) in [5.41, 5.74) is 14.3. The highest BCUT2D eigenvalue weighted by atomic mass is 16.1. The second-order valence-electron chi connectivity index (χ2n) is 4.05. The molecule has 94 valence electrons. The lowest BCUT2D eigenvalue weighted by atomic mass is 10.0. The molecule has 0 saturated heterocycles. The van der Waals surface area contributed by atoms with Gasteiger partial charge in [0.05, 0.1) is 0 Å². The van der Waals surface area contributed by atoms with E-state index in [-0.39, 0.29) is 0 Å². The maximum Gasteiger partial charge on any atom is 0.236 e. The number of amides is 1. The van der Waals surface area contributed by atoms with E-state index in [1.807, 2.05) is 0 Å². The Morgan fingerprint density at radius 3 is 2.24 bits per heavy atom. The van der Waals surface area contributed by atoms with E-state index < -0.39 is 11.9 Å². The first-order chi connectivity index (χ1) is 8.10. The summed E-state index contributed by atoms with van der Waals surface area (Å²) in [5, 5.41) is 3.24. The van der Waals surface area contributed by atoms with Crippen LogP contribution in [0.1, 0.15) is 25.0 Å². The van der Waals surface area contributed by atoms with Crippen molar-refractivity contribution in [2.24, 2.45) is 11.5 Å². The zero-order valence-corrected chi connectivity index (χ0v) is 10.5. The van der Waals surface area contributed by atoms with Crippen molar-refractivity contribution in [3.8, 4) is 0 Å². The van der Waals surface area contributed by atoms with Gasteiger partial charge in [0.1, 0.15) is 6.04 Å². The molecule has 4 nitrogen and oxygen atoms in total. The van der Waals surface area contributed by atoms with Crippen LogP contribution in [0.2, 0.25) is 0 Å². The molecule has 1 amide bonds. The maximum atomic E-state index is 10.9. The molecule has 1 aromatic carbocycles. The Morgan fingerprint density at radius 1 is 1.29 bits per heavy atom. The van der Waals surface area contributed by atoms with Gasteiger partial charge >= 0.3 is 0 Å². The highest BCUT2D eigenvalue weighted by Gasteiger charge is 2.11. The Balaban J connectivity index is 2.84. The van der Waals surface area contributed by atoms with Gasteiger partial charge in [0.2, 0.25) is 5.91 Å². The molecule has 0 aromatic heterocycles. The summed E-state index contributed by atoms with van der Waals surface area (Å²) in [6, 6.07) is 5.57. The smallest absolute Gasteiger partial charge is 0.236 e. The predicted octanol–water partition coefficient (Wildman–Crippen LogP) is 1.04. The number of benzene rings is 1. The van der Waals surface area contributed by atoms with Crippen LogP contribution in [0.4, 0.5) is 5.69 Å². The molecule has 0 spiro atoms. The average Bonchev–Trinajstić information content (AvgIpc) is 2.34. The second-order valence-corrected chi connectivity index (χ2v) is 4.05. The van der Waals surface area contributed by atoms with Crippen molar-refractivity contribution in [2.45, 2.75) is 32.7 Å². The number of nitrogens with two attached hydrogens (primary N) is 2. The van der Waals surface area contributed by atoms with Gasteiger partial charge in [0, 0.05) is 12.2 Å². The van der Waals surface area contributed by atoms with Gasteiger partial charge in [-0.25, -0.2) is 0 Å². The van der Waals surface area contributed by atoms with Gasteiger partial charge in [-0.3, -0.25) is 4.79 Å². The minimum atomic E-state index is -0.649. The highest BCUT2D eigenvalue weighted by Crippen LogP contribution is 2.22. The molecule has 0 saturated carbocycles. The summed E-state index contributed by atoms with van der Waals surface area (Å²) in [4.78, 5) is 10.9. The fourth-order valence-electron chi connectivity index (χ4n) is 1.78. The number of primary amides is 1. The number of para-hydroxylation sites is 1. The monoisotopic (exact) mass is 235 g/mol. The molecule has 0 aliphatic carbocycles. The molecule has 0 radical (unpaired) electrons. The van der Waals surface area contributed by atoms with Gasteiger partial charge in [-0.05, 0) is 24.0 Å². The van der Waals surface area contributed by atoms with E-state index in [9.17, 15) is 4.79 Å². The number of hydrogen-bond acceptors (Lipinski definition) is 3. The van der Waals surface area contributed by atoms with Gasteiger partial charge in [-0.2, -0.15) is 0 Å². The molecule has 1 atom stereocenters. The van der Waals surface area contributed by atoms with Gasteiger partial charge in [0.25, 0.3) is 0 Å². The molecule has 1 unspecified atom stereocenters. The third-order valence-corrected chi connectivity index (χ3v) is 2.86. The van der Waals surface area contributed by atoms with Crippen LogP contribution in [0.3, 0.4) is 0 Å². The molecular formula is C13H21N3O. The van der Waals surface area contributed by atoms with Gasteiger partial charge in [0.15, 0.2) is 0 Å². The van der Waals surface area contributed by atoms with Crippen molar-refractivity contribution in [3.05, 3.63) is 29.3 Å². The number of nitrogens with one attached hydrogen (secondary N) is 1. The van der Waals surface area contributed by atoms with Gasteiger partial charge in [-0.15, -0.1) is 0 Å². The molecule has 0 heterocycles. The normalized spacial score (nSPS) is 12.2. The largest absolute Gasteiger partial charge is 0.383 e. The lowest BCUT2D eigenvalue weighted by molar-refractivity contribution is -0.118. The van der Waals surface area contributed by atoms with E-state index in [0.717, 1.165) is 18.5 Å².